The van der Waals surface area contributed by atoms with Gasteiger partial charge in [-0.2, -0.15) is 0 Å². The summed E-state index contributed by atoms with van der Waals surface area (Å²) in [4.78, 5) is 220. The molecule has 2 saturated heterocycles. The number of para-hydroxylation sites is 1. The Kier molecular flexibility index (Phi) is 35.2. The maximum Gasteiger partial charge on any atom is 0.326 e. The SMILES string of the molecule is CCCC[C@H](NC(=O)[C@@H]1CCCN1C(=O)[C@H](CCC(N)=O)NC(=O)CNC(=O)[C@@H]1CCCN1C(=O)[C@H](CCCCN)NC(=O)[C@H](CC(C)C)NC(=O)[C@H](CCC(N)=O)NC(=O)[C@H](CC(C)C)NC(=O)[C@H](Cc1c[nH]c2ccccc12)NC(=O)[C@H](Cc1cnc[nH]1)NC(=O)[C@H](C)N)C(=O)N[C@@H](Cc1ccc(O)cc1)C(=O)O. The Balaban J connectivity index is 1.13. The van der Waals surface area contributed by atoms with Crippen molar-refractivity contribution in [2.45, 2.75) is 236 Å². The van der Waals surface area contributed by atoms with Crippen LogP contribution in [-0.2, 0) is 91.2 Å². The van der Waals surface area contributed by atoms with Crippen LogP contribution < -0.4 is 76.1 Å². The molecule has 22 N–H and O–H groups in total. The van der Waals surface area contributed by atoms with Crippen LogP contribution in [0.3, 0.4) is 0 Å². The highest BCUT2D eigenvalue weighted by atomic mass is 16.4. The van der Waals surface area contributed by atoms with Crippen molar-refractivity contribution in [2.24, 2.45) is 34.8 Å². The normalized spacial score (nSPS) is 16.8. The van der Waals surface area contributed by atoms with Crippen LogP contribution in [0.2, 0.25) is 0 Å². The summed E-state index contributed by atoms with van der Waals surface area (Å²) in [6.45, 7) is 9.95. The topological polar surface area (TPSA) is 572 Å². The van der Waals surface area contributed by atoms with Crippen LogP contribution in [0.25, 0.3) is 10.9 Å². The molecule has 14 amide bonds. The van der Waals surface area contributed by atoms with Gasteiger partial charge in [0, 0.05) is 74.2 Å². The zero-order valence-corrected chi connectivity index (χ0v) is 63.9. The summed E-state index contributed by atoms with van der Waals surface area (Å²) < 4.78 is 0. The van der Waals surface area contributed by atoms with Gasteiger partial charge in [0.1, 0.15) is 72.2 Å². The number of imidazole rings is 1. The summed E-state index contributed by atoms with van der Waals surface area (Å²) in [5, 5.41) is 47.0. The Morgan fingerprint density at radius 2 is 1.03 bits per heavy atom. The number of aromatic amines is 2. The number of nitrogens with zero attached hydrogens (tertiary/aromatic N) is 3. The van der Waals surface area contributed by atoms with Gasteiger partial charge >= 0.3 is 5.97 Å². The van der Waals surface area contributed by atoms with Crippen LogP contribution in [0.15, 0.2) is 67.3 Å². The molecular formula is C75H111N19O17. The summed E-state index contributed by atoms with van der Waals surface area (Å²) in [6, 6.07) is -2.70. The Morgan fingerprint density at radius 1 is 0.541 bits per heavy atom. The lowest BCUT2D eigenvalue weighted by Crippen LogP contribution is -2.61. The maximum absolute atomic E-state index is 14.8. The fourth-order valence-corrected chi connectivity index (χ4v) is 13.3. The van der Waals surface area contributed by atoms with E-state index < -0.39 is 174 Å². The largest absolute Gasteiger partial charge is 0.508 e. The van der Waals surface area contributed by atoms with E-state index in [0.29, 0.717) is 55.3 Å². The minimum atomic E-state index is -1.56. The number of carbonyl (C=O) groups excluding carboxylic acids is 14. The lowest BCUT2D eigenvalue weighted by atomic mass is 9.99. The van der Waals surface area contributed by atoms with Gasteiger partial charge in [0.2, 0.25) is 82.7 Å². The molecule has 0 bridgehead atoms. The minimum Gasteiger partial charge on any atom is -0.508 e. The number of nitrogens with two attached hydrogens (primary N) is 4. The second-order valence-corrected chi connectivity index (χ2v) is 29.2. The third-order valence-corrected chi connectivity index (χ3v) is 19.2. The van der Waals surface area contributed by atoms with E-state index in [2.05, 4.69) is 68.1 Å². The number of carboxylic acid groups (broad SMARTS) is 1. The van der Waals surface area contributed by atoms with Crippen molar-refractivity contribution in [1.29, 1.82) is 0 Å². The number of aliphatic carboxylic acids is 1. The maximum atomic E-state index is 14.8. The second-order valence-electron chi connectivity index (χ2n) is 29.2. The van der Waals surface area contributed by atoms with Crippen molar-refractivity contribution in [3.05, 3.63) is 84.1 Å². The number of aromatic nitrogens is 3. The van der Waals surface area contributed by atoms with E-state index >= 15 is 0 Å². The number of amides is 14. The number of nitrogens with one attached hydrogen (secondary N) is 12. The van der Waals surface area contributed by atoms with Crippen molar-refractivity contribution in [3.8, 4) is 5.75 Å². The Labute approximate surface area is 643 Å². The van der Waals surface area contributed by atoms with Crippen molar-refractivity contribution < 1.29 is 82.1 Å². The standard InChI is InChI=1S/C75H111N19O17/c1-7-8-16-50(65(100)92-58(75(110)111)34-44-21-23-47(95)24-22-44)86-72(107)60-20-14-31-94(60)74(109)53(26-28-62(79)97)84-63(98)39-82-71(106)59-19-13-30-93(59)73(108)52(18-11-12-29-76)87-68(103)55(33-42(4)5)89-66(101)51(25-27-61(78)96)85-67(102)54(32-41(2)3)90-69(104)56(35-45-37-81-49-17-10-9-15-48(45)49)91-70(105)57(88-64(99)43(6)77)36-46-38-80-40-83-46/h9-10,15,17,21-24,37-38,40-43,50-60,81,95H,7-8,11-14,16,18-20,25-36,39,76-77H2,1-6H3,(H2,78,96)(H2,79,97)(H,80,83)(H,82,106)(H,84,98)(H,85,102)(H,86,107)(H,87,103)(H,88,99)(H,89,101)(H,90,104)(H,91,105)(H,92,100)(H,110,111)/t43-,50-,51-,52-,53-,54-,55-,56-,57-,58-,59-,60-/m0/s1. The zero-order chi connectivity index (χ0) is 81.6. The first-order valence-corrected chi connectivity index (χ1v) is 37.9. The average Bonchev–Trinajstić information content (AvgIpc) is 1.73. The van der Waals surface area contributed by atoms with E-state index in [1.165, 1.54) is 53.5 Å². The molecule has 36 heteroatoms. The van der Waals surface area contributed by atoms with Gasteiger partial charge in [-0.25, -0.2) is 9.78 Å². The highest BCUT2D eigenvalue weighted by Gasteiger charge is 2.42. The molecule has 2 aliphatic rings. The molecule has 2 aromatic carbocycles. The molecule has 2 fully saturated rings. The molecule has 0 saturated carbocycles. The molecule has 4 aromatic rings. The van der Waals surface area contributed by atoms with Crippen molar-refractivity contribution >= 4 is 99.6 Å². The van der Waals surface area contributed by atoms with Gasteiger partial charge in [0.05, 0.1) is 18.9 Å². The predicted octanol–water partition coefficient (Wildman–Crippen LogP) is -1.54. The number of benzene rings is 2. The quantitative estimate of drug-likeness (QED) is 0.0223. The lowest BCUT2D eigenvalue weighted by Gasteiger charge is -2.31. The van der Waals surface area contributed by atoms with E-state index in [4.69, 9.17) is 22.9 Å². The van der Waals surface area contributed by atoms with Crippen molar-refractivity contribution in [3.63, 3.8) is 0 Å². The van der Waals surface area contributed by atoms with Crippen LogP contribution >= 0.6 is 0 Å². The molecule has 12 atom stereocenters. The summed E-state index contributed by atoms with van der Waals surface area (Å²) in [6.07, 6.45) is 5.52. The van der Waals surface area contributed by atoms with Gasteiger partial charge in [-0.3, -0.25) is 67.1 Å². The number of phenols is 1. The first-order valence-electron chi connectivity index (χ1n) is 37.9. The molecule has 0 unspecified atom stereocenters. The molecule has 2 aliphatic heterocycles. The third-order valence-electron chi connectivity index (χ3n) is 19.2. The van der Waals surface area contributed by atoms with Gasteiger partial charge in [-0.1, -0.05) is 77.8 Å². The van der Waals surface area contributed by atoms with Gasteiger partial charge in [0.25, 0.3) is 0 Å². The van der Waals surface area contributed by atoms with Crippen LogP contribution in [0, 0.1) is 11.8 Å². The molecule has 0 spiro atoms. The highest BCUT2D eigenvalue weighted by molar-refractivity contribution is 6.00. The number of unbranched alkanes of at least 4 members (excludes halogenated alkanes) is 2. The molecule has 6 rings (SSSR count). The number of aromatic hydroxyl groups is 1. The molecule has 36 nitrogen and oxygen atoms in total. The number of hydrogen-bond donors (Lipinski definition) is 18. The van der Waals surface area contributed by atoms with Crippen LogP contribution in [0.4, 0.5) is 0 Å². The number of hydrogen-bond acceptors (Lipinski definition) is 19. The predicted molar refractivity (Wildman–Crippen MR) is 405 cm³/mol. The highest BCUT2D eigenvalue weighted by Crippen LogP contribution is 2.25. The zero-order valence-electron chi connectivity index (χ0n) is 63.9. The Hall–Kier alpha value is -11.0. The van der Waals surface area contributed by atoms with Crippen LogP contribution in [0.1, 0.15) is 161 Å². The molecule has 0 aliphatic carbocycles. The molecule has 0 radical (unpaired) electrons. The average molecular weight is 1550 g/mol. The van der Waals surface area contributed by atoms with Crippen molar-refractivity contribution in [2.75, 3.05) is 26.2 Å². The third kappa shape index (κ3) is 28.1. The monoisotopic (exact) mass is 1550 g/mol. The second kappa shape index (κ2) is 44.0. The summed E-state index contributed by atoms with van der Waals surface area (Å²) in [7, 11) is 0. The number of primary amides is 2. The van der Waals surface area contributed by atoms with Gasteiger partial charge in [-0.15, -0.1) is 0 Å². The number of fused-ring (bicyclic) bond motifs is 1. The number of likely N-dealkylation sites (tertiary alicyclic amines) is 2. The number of carbonyl (C=O) groups is 15. The van der Waals surface area contributed by atoms with Crippen LogP contribution in [-0.4, -0.2) is 222 Å². The van der Waals surface area contributed by atoms with E-state index in [1.807, 2.05) is 25.1 Å². The van der Waals surface area contributed by atoms with Crippen LogP contribution in [0.5, 0.6) is 5.75 Å². The molecule has 111 heavy (non-hydrogen) atoms. The number of H-pyrrole nitrogens is 2. The molecular weight excluding hydrogens is 1440 g/mol. The Morgan fingerprint density at radius 3 is 1.57 bits per heavy atom. The summed E-state index contributed by atoms with van der Waals surface area (Å²) >= 11 is 0. The molecule has 2 aromatic heterocycles. The van der Waals surface area contributed by atoms with Gasteiger partial charge in [0.15, 0.2) is 0 Å². The Bertz CT molecular complexity index is 3870. The fraction of sp³-hybridized carbons (Fsp3) is 0.573. The van der Waals surface area contributed by atoms with E-state index in [9.17, 15) is 82.1 Å². The van der Waals surface area contributed by atoms with E-state index in [-0.39, 0.29) is 114 Å². The molecule has 608 valence electrons. The summed E-state index contributed by atoms with van der Waals surface area (Å²) in [5.74, 6) is -13.1. The van der Waals surface area contributed by atoms with Gasteiger partial charge < -0.3 is 106 Å². The number of rotatable bonds is 46. The molecule has 4 heterocycles. The first-order chi connectivity index (χ1) is 52.8. The summed E-state index contributed by atoms with van der Waals surface area (Å²) in [5.41, 5.74) is 25.2. The van der Waals surface area contributed by atoms with E-state index in [0.717, 1.165) is 10.9 Å². The number of carboxylic acids is 1. The van der Waals surface area contributed by atoms with Gasteiger partial charge in [-0.05, 0) is 132 Å². The smallest absolute Gasteiger partial charge is 0.326 e. The lowest BCUT2D eigenvalue weighted by molar-refractivity contribution is -0.144. The van der Waals surface area contributed by atoms with Crippen molar-refractivity contribution in [1.82, 2.24) is 77.9 Å². The first kappa shape index (κ1) is 88.9. The minimum absolute atomic E-state index is 0.0113. The number of phenolic OH excluding ortho intramolecular Hbond substituents is 1. The fourth-order valence-electron chi connectivity index (χ4n) is 13.3. The van der Waals surface area contributed by atoms with E-state index in [1.54, 1.807) is 40.0 Å².